The Morgan fingerprint density at radius 1 is 1.14 bits per heavy atom. The van der Waals surface area contributed by atoms with Crippen molar-refractivity contribution in [1.82, 2.24) is 19.5 Å². The summed E-state index contributed by atoms with van der Waals surface area (Å²) in [5.74, 6) is -0.844. The molecule has 0 bridgehead atoms. The van der Waals surface area contributed by atoms with Crippen LogP contribution in [-0.2, 0) is 23.8 Å². The molecule has 3 aromatic rings. The van der Waals surface area contributed by atoms with Crippen LogP contribution in [0.5, 0.6) is 0 Å². The third-order valence-corrected chi connectivity index (χ3v) is 4.66. The van der Waals surface area contributed by atoms with Crippen LogP contribution in [0.1, 0.15) is 26.5 Å². The zero-order valence-corrected chi connectivity index (χ0v) is 16.0. The van der Waals surface area contributed by atoms with Gasteiger partial charge in [0.05, 0.1) is 6.33 Å². The van der Waals surface area contributed by atoms with E-state index in [4.69, 9.17) is 14.2 Å². The van der Waals surface area contributed by atoms with Gasteiger partial charge in [-0.1, -0.05) is 30.3 Å². The maximum Gasteiger partial charge on any atom is 0.303 e. The molecule has 1 aliphatic heterocycles. The topological polar surface area (TPSA) is 105 Å². The fourth-order valence-electron chi connectivity index (χ4n) is 3.43. The summed E-state index contributed by atoms with van der Waals surface area (Å²) in [5.41, 5.74) is 2.91. The minimum absolute atomic E-state index is 0.000654. The number of esters is 2. The number of hydrogen-bond acceptors (Lipinski definition) is 8. The quantitative estimate of drug-likeness (QED) is 0.605. The molecular weight excluding hydrogens is 376 g/mol. The van der Waals surface area contributed by atoms with Crippen molar-refractivity contribution in [3.05, 3.63) is 43.0 Å². The van der Waals surface area contributed by atoms with E-state index < -0.39 is 30.4 Å². The Kier molecular flexibility index (Phi) is 5.22. The summed E-state index contributed by atoms with van der Waals surface area (Å²) in [6.07, 6.45) is 1.93. The van der Waals surface area contributed by atoms with E-state index in [-0.39, 0.29) is 6.61 Å². The minimum Gasteiger partial charge on any atom is -0.463 e. The van der Waals surface area contributed by atoms with Crippen molar-refractivity contribution >= 4 is 23.1 Å². The van der Waals surface area contributed by atoms with Crippen molar-refractivity contribution in [2.75, 3.05) is 6.61 Å². The molecule has 1 unspecified atom stereocenters. The molecule has 3 atom stereocenters. The van der Waals surface area contributed by atoms with E-state index in [1.807, 2.05) is 30.3 Å². The van der Waals surface area contributed by atoms with Crippen molar-refractivity contribution in [2.45, 2.75) is 38.7 Å². The molecule has 1 aromatic carbocycles. The normalized spacial score (nSPS) is 21.2. The maximum absolute atomic E-state index is 11.5. The summed E-state index contributed by atoms with van der Waals surface area (Å²) in [6.45, 7) is 2.65. The number of benzene rings is 1. The van der Waals surface area contributed by atoms with Crippen molar-refractivity contribution in [2.24, 2.45) is 0 Å². The highest BCUT2D eigenvalue weighted by Crippen LogP contribution is 2.34. The van der Waals surface area contributed by atoms with Crippen LogP contribution in [-0.4, -0.2) is 50.3 Å². The number of aromatic nitrogens is 4. The smallest absolute Gasteiger partial charge is 0.303 e. The average molecular weight is 396 g/mol. The summed E-state index contributed by atoms with van der Waals surface area (Å²) in [6, 6.07) is 9.72. The first-order chi connectivity index (χ1) is 14.0. The van der Waals surface area contributed by atoms with E-state index in [1.165, 1.54) is 20.2 Å². The van der Waals surface area contributed by atoms with E-state index in [0.717, 1.165) is 11.3 Å². The van der Waals surface area contributed by atoms with Gasteiger partial charge in [0.25, 0.3) is 0 Å². The molecule has 0 aliphatic carbocycles. The van der Waals surface area contributed by atoms with Crippen molar-refractivity contribution in [3.63, 3.8) is 0 Å². The monoisotopic (exact) mass is 396 g/mol. The molecule has 1 fully saturated rings. The van der Waals surface area contributed by atoms with Crippen molar-refractivity contribution < 1.29 is 23.8 Å². The van der Waals surface area contributed by atoms with Crippen LogP contribution < -0.4 is 0 Å². The molecular formula is C20H20N4O5. The molecule has 0 N–H and O–H groups in total. The lowest BCUT2D eigenvalue weighted by Gasteiger charge is -2.17. The lowest BCUT2D eigenvalue weighted by molar-refractivity contribution is -0.155. The molecule has 1 aliphatic rings. The first kappa shape index (κ1) is 19.0. The third-order valence-electron chi connectivity index (χ3n) is 4.66. The van der Waals surface area contributed by atoms with Crippen LogP contribution in [0.15, 0.2) is 43.0 Å². The van der Waals surface area contributed by atoms with Gasteiger partial charge < -0.3 is 14.2 Å². The number of hydrogen-bond donors (Lipinski definition) is 0. The van der Waals surface area contributed by atoms with Gasteiger partial charge in [-0.2, -0.15) is 0 Å². The van der Waals surface area contributed by atoms with Gasteiger partial charge >= 0.3 is 11.9 Å². The van der Waals surface area contributed by atoms with Gasteiger partial charge in [0.15, 0.2) is 5.65 Å². The van der Waals surface area contributed by atoms with E-state index >= 15 is 0 Å². The highest BCUT2D eigenvalue weighted by Gasteiger charge is 2.40. The lowest BCUT2D eigenvalue weighted by Crippen LogP contribution is -2.31. The van der Waals surface area contributed by atoms with Crippen LogP contribution >= 0.6 is 0 Å². The third kappa shape index (κ3) is 3.95. The summed E-state index contributed by atoms with van der Waals surface area (Å²) < 4.78 is 18.2. The minimum atomic E-state index is -0.569. The zero-order chi connectivity index (χ0) is 20.4. The Balaban J connectivity index is 1.64. The molecule has 29 heavy (non-hydrogen) atoms. The largest absolute Gasteiger partial charge is 0.463 e. The average Bonchev–Trinajstić information content (AvgIpc) is 3.30. The molecule has 0 amide bonds. The Morgan fingerprint density at radius 2 is 1.93 bits per heavy atom. The second-order valence-electron chi connectivity index (χ2n) is 6.73. The van der Waals surface area contributed by atoms with Crippen LogP contribution in [0, 0.1) is 0 Å². The van der Waals surface area contributed by atoms with E-state index in [1.54, 1.807) is 10.9 Å². The number of fused-ring (bicyclic) bond motifs is 1. The molecule has 9 nitrogen and oxygen atoms in total. The molecule has 1 saturated heterocycles. The standard InChI is InChI=1S/C20H20N4O5/c1-12(25)27-9-16-15(28-13(2)26)8-17(29-16)24-11-23-19-18(21-10-22-20(19)24)14-6-4-3-5-7-14/h3-7,10-11,15-17H,8-9H2,1-2H3/t15?,16-,17-/m1/s1. The number of carbonyl (C=O) groups excluding carboxylic acids is 2. The van der Waals surface area contributed by atoms with Gasteiger partial charge in [0.1, 0.15) is 42.6 Å². The first-order valence-electron chi connectivity index (χ1n) is 9.22. The van der Waals surface area contributed by atoms with Gasteiger partial charge in [0.2, 0.25) is 0 Å². The van der Waals surface area contributed by atoms with Crippen molar-refractivity contribution in [1.29, 1.82) is 0 Å². The second kappa shape index (κ2) is 7.96. The van der Waals surface area contributed by atoms with Crippen molar-refractivity contribution in [3.8, 4) is 11.3 Å². The fraction of sp³-hybridized carbons (Fsp3) is 0.350. The van der Waals surface area contributed by atoms with Gasteiger partial charge in [-0.05, 0) is 0 Å². The number of imidazole rings is 1. The Bertz CT molecular complexity index is 1040. The Labute approximate surface area is 166 Å². The van der Waals surface area contributed by atoms with E-state index in [0.29, 0.717) is 17.6 Å². The highest BCUT2D eigenvalue weighted by molar-refractivity contribution is 5.87. The van der Waals surface area contributed by atoms with E-state index in [9.17, 15) is 9.59 Å². The van der Waals surface area contributed by atoms with Crippen LogP contribution in [0.2, 0.25) is 0 Å². The fourth-order valence-corrected chi connectivity index (χ4v) is 3.43. The molecule has 2 aromatic heterocycles. The number of rotatable bonds is 5. The molecule has 0 spiro atoms. The Morgan fingerprint density at radius 3 is 2.66 bits per heavy atom. The van der Waals surface area contributed by atoms with Gasteiger partial charge in [-0.3, -0.25) is 14.2 Å². The summed E-state index contributed by atoms with van der Waals surface area (Å²) in [5, 5.41) is 0. The predicted octanol–water partition coefficient (Wildman–Crippen LogP) is 2.28. The molecule has 0 saturated carbocycles. The molecule has 150 valence electrons. The highest BCUT2D eigenvalue weighted by atomic mass is 16.6. The van der Waals surface area contributed by atoms with Crippen LogP contribution in [0.25, 0.3) is 22.4 Å². The molecule has 0 radical (unpaired) electrons. The summed E-state index contributed by atoms with van der Waals surface area (Å²) in [4.78, 5) is 35.9. The predicted molar refractivity (Wildman–Crippen MR) is 101 cm³/mol. The van der Waals surface area contributed by atoms with Gasteiger partial charge in [-0.25, -0.2) is 15.0 Å². The van der Waals surface area contributed by atoms with E-state index in [2.05, 4.69) is 15.0 Å². The summed E-state index contributed by atoms with van der Waals surface area (Å²) in [7, 11) is 0. The van der Waals surface area contributed by atoms with Gasteiger partial charge in [-0.15, -0.1) is 0 Å². The Hall–Kier alpha value is -3.33. The van der Waals surface area contributed by atoms with Gasteiger partial charge in [0, 0.05) is 25.8 Å². The molecule has 3 heterocycles. The number of nitrogens with zero attached hydrogens (tertiary/aromatic N) is 4. The number of carbonyl (C=O) groups is 2. The SMILES string of the molecule is CC(=O)OC[C@H]1O[C@@H](n2cnc3c(-c4ccccc4)ncnc32)CC1OC(C)=O. The maximum atomic E-state index is 11.5. The van der Waals surface area contributed by atoms with Crippen LogP contribution in [0.4, 0.5) is 0 Å². The first-order valence-corrected chi connectivity index (χ1v) is 9.22. The zero-order valence-electron chi connectivity index (χ0n) is 16.0. The lowest BCUT2D eigenvalue weighted by atomic mass is 10.1. The van der Waals surface area contributed by atoms with Crippen LogP contribution in [0.3, 0.4) is 0 Å². The number of ether oxygens (including phenoxy) is 3. The summed E-state index contributed by atoms with van der Waals surface area (Å²) >= 11 is 0. The second-order valence-corrected chi connectivity index (χ2v) is 6.73. The molecule has 4 rings (SSSR count). The molecule has 9 heteroatoms.